The molecule has 0 radical (unpaired) electrons. The molecule has 1 aliphatic rings. The van der Waals surface area contributed by atoms with Crippen molar-refractivity contribution in [3.05, 3.63) is 66.2 Å². The van der Waals surface area contributed by atoms with Crippen LogP contribution in [0.3, 0.4) is 0 Å². The van der Waals surface area contributed by atoms with E-state index in [0.717, 1.165) is 11.3 Å². The Labute approximate surface area is 200 Å². The molecule has 3 aromatic heterocycles. The highest BCUT2D eigenvalue weighted by molar-refractivity contribution is 5.85. The molecule has 4 atom stereocenters. The van der Waals surface area contributed by atoms with Gasteiger partial charge in [0.05, 0.1) is 6.33 Å². The van der Waals surface area contributed by atoms with Crippen molar-refractivity contribution < 1.29 is 19.7 Å². The number of anilines is 1. The molecule has 1 aliphatic heterocycles. The second-order valence-electron chi connectivity index (χ2n) is 8.29. The van der Waals surface area contributed by atoms with Crippen LogP contribution in [-0.4, -0.2) is 66.0 Å². The molecule has 11 heteroatoms. The van der Waals surface area contributed by atoms with Gasteiger partial charge in [0, 0.05) is 31.0 Å². The second-order valence-corrected chi connectivity index (χ2v) is 8.29. The lowest BCUT2D eigenvalue weighted by Gasteiger charge is -2.17. The maximum Gasteiger partial charge on any atom is 0.251 e. The summed E-state index contributed by atoms with van der Waals surface area (Å²) in [7, 11) is 1.44. The first-order chi connectivity index (χ1) is 17.0. The fourth-order valence-electron chi connectivity index (χ4n) is 3.99. The molecule has 1 saturated heterocycles. The number of fused-ring (bicyclic) bond motifs is 1. The first-order valence-electron chi connectivity index (χ1n) is 11.1. The second kappa shape index (κ2) is 9.37. The Kier molecular flexibility index (Phi) is 6.12. The normalized spacial score (nSPS) is 21.8. The van der Waals surface area contributed by atoms with E-state index in [1.165, 1.54) is 17.9 Å². The molecule has 0 unspecified atom stereocenters. The topological polar surface area (TPSA) is 147 Å². The summed E-state index contributed by atoms with van der Waals surface area (Å²) in [6.07, 6.45) is -1.93. The third-order valence-electron chi connectivity index (χ3n) is 5.91. The number of aryl methyl sites for hydroxylation is 1. The number of aliphatic hydroxyl groups is 2. The van der Waals surface area contributed by atoms with Gasteiger partial charge in [0.2, 0.25) is 0 Å². The molecule has 11 nitrogen and oxygen atoms in total. The minimum atomic E-state index is -1.41. The van der Waals surface area contributed by atoms with E-state index in [4.69, 9.17) is 9.72 Å². The van der Waals surface area contributed by atoms with Gasteiger partial charge in [-0.2, -0.15) is 0 Å². The molecule has 35 heavy (non-hydrogen) atoms. The van der Waals surface area contributed by atoms with E-state index in [2.05, 4.69) is 25.6 Å². The zero-order valence-corrected chi connectivity index (χ0v) is 19.2. The number of rotatable bonds is 6. The summed E-state index contributed by atoms with van der Waals surface area (Å²) < 4.78 is 7.25. The Morgan fingerprint density at radius 2 is 1.89 bits per heavy atom. The number of hydrogen-bond donors (Lipinski definition) is 4. The quantitative estimate of drug-likeness (QED) is 0.323. The number of aliphatic hydroxyl groups excluding tert-OH is 2. The number of pyridine rings is 1. The molecule has 4 N–H and O–H groups in total. The van der Waals surface area contributed by atoms with Crippen LogP contribution in [0, 0.1) is 6.92 Å². The van der Waals surface area contributed by atoms with Gasteiger partial charge in [-0.3, -0.25) is 14.3 Å². The summed E-state index contributed by atoms with van der Waals surface area (Å²) in [4.78, 5) is 30.3. The lowest BCUT2D eigenvalue weighted by molar-refractivity contribution is -0.137. The number of nitrogens with zero attached hydrogens (tertiary/aromatic N) is 5. The van der Waals surface area contributed by atoms with Crippen molar-refractivity contribution in [2.75, 3.05) is 12.4 Å². The van der Waals surface area contributed by atoms with Crippen LogP contribution in [0.1, 0.15) is 17.5 Å². The SMILES string of the molecule is CNC(=O)[C@H]1O[C@@H](n2cnc3c(NCc4ccccc4)nc(-c4ccc(C)nc4)nc32)[C@H](O)[C@@H]1O. The number of carbonyl (C=O) groups is 1. The zero-order chi connectivity index (χ0) is 24.5. The van der Waals surface area contributed by atoms with Gasteiger partial charge in [-0.1, -0.05) is 30.3 Å². The Balaban J connectivity index is 1.58. The third-order valence-corrected chi connectivity index (χ3v) is 5.91. The van der Waals surface area contributed by atoms with E-state index in [1.54, 1.807) is 6.20 Å². The summed E-state index contributed by atoms with van der Waals surface area (Å²) in [6.45, 7) is 2.40. The molecule has 4 heterocycles. The average Bonchev–Trinajstić information content (AvgIpc) is 3.44. The number of nitrogens with one attached hydrogen (secondary N) is 2. The van der Waals surface area contributed by atoms with Gasteiger partial charge in [-0.25, -0.2) is 15.0 Å². The highest BCUT2D eigenvalue weighted by Crippen LogP contribution is 2.33. The molecular weight excluding hydrogens is 450 g/mol. The number of ether oxygens (including phenoxy) is 1. The first kappa shape index (κ1) is 22.8. The largest absolute Gasteiger partial charge is 0.387 e. The van der Waals surface area contributed by atoms with Crippen LogP contribution in [0.15, 0.2) is 55.0 Å². The van der Waals surface area contributed by atoms with Crippen LogP contribution >= 0.6 is 0 Å². The third kappa shape index (κ3) is 4.32. The number of carbonyl (C=O) groups excluding carboxylic acids is 1. The predicted octanol–water partition coefficient (Wildman–Crippen LogP) is 1.17. The molecule has 0 bridgehead atoms. The van der Waals surface area contributed by atoms with Crippen molar-refractivity contribution >= 4 is 22.9 Å². The molecule has 4 aromatic rings. The molecule has 1 fully saturated rings. The van der Waals surface area contributed by atoms with Crippen LogP contribution in [0.25, 0.3) is 22.6 Å². The Bertz CT molecular complexity index is 1340. The zero-order valence-electron chi connectivity index (χ0n) is 19.2. The average molecular weight is 476 g/mol. The van der Waals surface area contributed by atoms with Gasteiger partial charge in [-0.05, 0) is 24.6 Å². The van der Waals surface area contributed by atoms with Crippen molar-refractivity contribution in [1.82, 2.24) is 29.8 Å². The van der Waals surface area contributed by atoms with E-state index in [-0.39, 0.29) is 0 Å². The number of hydrogen-bond acceptors (Lipinski definition) is 9. The van der Waals surface area contributed by atoms with Gasteiger partial charge in [0.1, 0.15) is 12.2 Å². The highest BCUT2D eigenvalue weighted by atomic mass is 16.6. The number of aromatic nitrogens is 5. The Morgan fingerprint density at radius 1 is 1.09 bits per heavy atom. The van der Waals surface area contributed by atoms with Crippen molar-refractivity contribution in [3.63, 3.8) is 0 Å². The van der Waals surface area contributed by atoms with Crippen molar-refractivity contribution in [1.29, 1.82) is 0 Å². The standard InChI is InChI=1S/C24H25N7O4/c1-13-8-9-15(11-26-13)20-29-21(27-10-14-6-4-3-5-7-14)16-22(30-20)31(12-28-16)24-18(33)17(32)19(35-24)23(34)25-2/h3-9,11-12,17-19,24,32-33H,10H2,1-2H3,(H,25,34)(H,27,29,30)/t17-,18+,19-,24+/m0/s1. The first-order valence-corrected chi connectivity index (χ1v) is 11.1. The van der Waals surface area contributed by atoms with Gasteiger partial charge in [0.25, 0.3) is 5.91 Å². The smallest absolute Gasteiger partial charge is 0.251 e. The van der Waals surface area contributed by atoms with Crippen LogP contribution in [0.5, 0.6) is 0 Å². The van der Waals surface area contributed by atoms with Crippen LogP contribution in [-0.2, 0) is 16.1 Å². The van der Waals surface area contributed by atoms with Gasteiger partial charge >= 0.3 is 0 Å². The molecule has 180 valence electrons. The Morgan fingerprint density at radius 3 is 2.60 bits per heavy atom. The number of benzene rings is 1. The van der Waals surface area contributed by atoms with Crippen molar-refractivity contribution in [2.45, 2.75) is 38.0 Å². The molecule has 0 spiro atoms. The summed E-state index contributed by atoms with van der Waals surface area (Å²) in [5, 5.41) is 26.8. The van der Waals surface area contributed by atoms with E-state index in [9.17, 15) is 15.0 Å². The lowest BCUT2D eigenvalue weighted by Crippen LogP contribution is -2.41. The Hall–Kier alpha value is -3.93. The minimum absolute atomic E-state index is 0.375. The molecule has 0 aliphatic carbocycles. The van der Waals surface area contributed by atoms with Crippen LogP contribution in [0.4, 0.5) is 5.82 Å². The monoisotopic (exact) mass is 475 g/mol. The fourth-order valence-corrected chi connectivity index (χ4v) is 3.99. The van der Waals surface area contributed by atoms with E-state index < -0.39 is 30.4 Å². The number of imidazole rings is 1. The van der Waals surface area contributed by atoms with Crippen molar-refractivity contribution in [3.8, 4) is 11.4 Å². The molecule has 5 rings (SSSR count). The van der Waals surface area contributed by atoms with Gasteiger partial charge < -0.3 is 25.6 Å². The number of likely N-dealkylation sites (N-methyl/N-ethyl adjacent to an activating group) is 1. The molecule has 1 amide bonds. The lowest BCUT2D eigenvalue weighted by atomic mass is 10.1. The highest BCUT2D eigenvalue weighted by Gasteiger charge is 2.47. The summed E-state index contributed by atoms with van der Waals surface area (Å²) >= 11 is 0. The van der Waals surface area contributed by atoms with Gasteiger partial charge in [-0.15, -0.1) is 0 Å². The van der Waals surface area contributed by atoms with Crippen LogP contribution < -0.4 is 10.6 Å². The van der Waals surface area contributed by atoms with E-state index >= 15 is 0 Å². The fraction of sp³-hybridized carbons (Fsp3) is 0.292. The van der Waals surface area contributed by atoms with Crippen LogP contribution in [0.2, 0.25) is 0 Å². The van der Waals surface area contributed by atoms with Gasteiger partial charge in [0.15, 0.2) is 35.1 Å². The summed E-state index contributed by atoms with van der Waals surface area (Å²) in [5.74, 6) is 0.358. The molecular formula is C24H25N7O4. The van der Waals surface area contributed by atoms with Crippen molar-refractivity contribution in [2.24, 2.45) is 0 Å². The predicted molar refractivity (Wildman–Crippen MR) is 127 cm³/mol. The molecule has 0 saturated carbocycles. The minimum Gasteiger partial charge on any atom is -0.387 e. The summed E-state index contributed by atoms with van der Waals surface area (Å²) in [6, 6.07) is 13.6. The number of amides is 1. The van der Waals surface area contributed by atoms with E-state index in [1.807, 2.05) is 49.4 Å². The maximum absolute atomic E-state index is 12.1. The summed E-state index contributed by atoms with van der Waals surface area (Å²) in [5.41, 5.74) is 3.45. The molecule has 1 aromatic carbocycles. The maximum atomic E-state index is 12.1. The van der Waals surface area contributed by atoms with E-state index in [0.29, 0.717) is 34.9 Å².